The summed E-state index contributed by atoms with van der Waals surface area (Å²) in [5, 5.41) is 50.5. The van der Waals surface area contributed by atoms with Crippen LogP contribution in [-0.4, -0.2) is 56.6 Å². The molecule has 0 amide bonds. The van der Waals surface area contributed by atoms with Crippen molar-refractivity contribution in [2.24, 2.45) is 5.73 Å². The van der Waals surface area contributed by atoms with Crippen LogP contribution in [0.4, 0.5) is 8.78 Å². The van der Waals surface area contributed by atoms with Gasteiger partial charge in [-0.25, -0.2) is 8.78 Å². The Morgan fingerprint density at radius 3 is 2.23 bits per heavy atom. The number of ether oxygens (including phenoxy) is 1. The minimum Gasteiger partial charge on any atom is -0.394 e. The predicted octanol–water partition coefficient (Wildman–Crippen LogP) is 0.594. The van der Waals surface area contributed by atoms with E-state index >= 15 is 0 Å². The Labute approximate surface area is 175 Å². The summed E-state index contributed by atoms with van der Waals surface area (Å²) < 4.78 is 33.5. The lowest BCUT2D eigenvalue weighted by Crippen LogP contribution is -2.55. The molecule has 0 spiro atoms. The molecule has 7 nitrogen and oxygen atoms in total. The van der Waals surface area contributed by atoms with Gasteiger partial charge in [0.25, 0.3) is 0 Å². The molecule has 30 heavy (non-hydrogen) atoms. The first-order valence-electron chi connectivity index (χ1n) is 9.06. The molecule has 2 aromatic carbocycles. The molecule has 2 aromatic rings. The Balaban J connectivity index is 2.05. The molecule has 10 heteroatoms. The van der Waals surface area contributed by atoms with Crippen molar-refractivity contribution in [2.45, 2.75) is 43.2 Å². The first-order valence-corrected chi connectivity index (χ1v) is 9.44. The van der Waals surface area contributed by atoms with E-state index in [0.29, 0.717) is 0 Å². The van der Waals surface area contributed by atoms with Gasteiger partial charge in [-0.15, -0.1) is 0 Å². The van der Waals surface area contributed by atoms with Gasteiger partial charge in [0.15, 0.2) is 5.72 Å². The van der Waals surface area contributed by atoms with Crippen molar-refractivity contribution in [3.05, 3.63) is 69.2 Å². The first kappa shape index (κ1) is 23.0. The molecule has 1 fully saturated rings. The van der Waals surface area contributed by atoms with Crippen molar-refractivity contribution >= 4 is 11.6 Å². The molecular formula is C20H22ClF2NO6. The fourth-order valence-corrected chi connectivity index (χ4v) is 3.67. The van der Waals surface area contributed by atoms with Gasteiger partial charge in [-0.2, -0.15) is 0 Å². The Morgan fingerprint density at radius 1 is 1.07 bits per heavy atom. The lowest BCUT2D eigenvalue weighted by atomic mass is 9.88. The van der Waals surface area contributed by atoms with Gasteiger partial charge >= 0.3 is 0 Å². The van der Waals surface area contributed by atoms with Crippen LogP contribution in [0.5, 0.6) is 0 Å². The molecule has 3 rings (SSSR count). The molecule has 1 aliphatic rings. The van der Waals surface area contributed by atoms with Crippen LogP contribution in [0.15, 0.2) is 30.3 Å². The average Bonchev–Trinajstić information content (AvgIpc) is 2.70. The van der Waals surface area contributed by atoms with E-state index < -0.39 is 54.5 Å². The van der Waals surface area contributed by atoms with Crippen LogP contribution in [-0.2, 0) is 10.5 Å². The van der Waals surface area contributed by atoms with Crippen LogP contribution >= 0.6 is 11.6 Å². The zero-order valence-corrected chi connectivity index (χ0v) is 16.6. The maximum atomic E-state index is 14.0. The molecule has 6 unspecified atom stereocenters. The summed E-state index contributed by atoms with van der Waals surface area (Å²) in [4.78, 5) is 0. The zero-order valence-electron chi connectivity index (χ0n) is 15.8. The standard InChI is InChI=1S/C20H22ClF2NO6/c1-8-13(22)5-10(6-14(8)23)20(24,29)11-4-9(2-3-12(11)21)19-18(28)17(27)16(26)15(7-25)30-19/h2-6,15-19,25-29H,7,24H2,1H3. The van der Waals surface area contributed by atoms with Crippen molar-refractivity contribution in [1.29, 1.82) is 0 Å². The average molecular weight is 446 g/mol. The molecule has 1 saturated heterocycles. The lowest BCUT2D eigenvalue weighted by molar-refractivity contribution is -0.231. The minimum atomic E-state index is -2.41. The van der Waals surface area contributed by atoms with Crippen molar-refractivity contribution in [3.8, 4) is 0 Å². The number of hydrogen-bond acceptors (Lipinski definition) is 7. The Morgan fingerprint density at radius 2 is 1.67 bits per heavy atom. The smallest absolute Gasteiger partial charge is 0.167 e. The van der Waals surface area contributed by atoms with Gasteiger partial charge < -0.3 is 30.3 Å². The Bertz CT molecular complexity index is 919. The van der Waals surface area contributed by atoms with Crippen molar-refractivity contribution < 1.29 is 39.1 Å². The number of hydrogen-bond donors (Lipinski definition) is 6. The molecule has 0 aliphatic carbocycles. The summed E-state index contributed by atoms with van der Waals surface area (Å²) in [5.41, 5.74) is 3.11. The number of rotatable bonds is 4. The van der Waals surface area contributed by atoms with Crippen LogP contribution in [0.2, 0.25) is 5.02 Å². The second-order valence-corrected chi connectivity index (χ2v) is 7.73. The fourth-order valence-electron chi connectivity index (χ4n) is 3.41. The third-order valence-electron chi connectivity index (χ3n) is 5.34. The normalized spacial score (nSPS) is 28.9. The molecule has 0 bridgehead atoms. The summed E-state index contributed by atoms with van der Waals surface area (Å²) in [6, 6.07) is 5.77. The maximum absolute atomic E-state index is 14.0. The highest BCUT2D eigenvalue weighted by molar-refractivity contribution is 6.31. The monoisotopic (exact) mass is 445 g/mol. The molecule has 0 aromatic heterocycles. The number of aliphatic hydroxyl groups is 5. The largest absolute Gasteiger partial charge is 0.394 e. The van der Waals surface area contributed by atoms with Gasteiger partial charge in [0.2, 0.25) is 0 Å². The van der Waals surface area contributed by atoms with Crippen molar-refractivity contribution in [2.75, 3.05) is 6.61 Å². The van der Waals surface area contributed by atoms with Crippen LogP contribution in [0.25, 0.3) is 0 Å². The van der Waals surface area contributed by atoms with Crippen molar-refractivity contribution in [3.63, 3.8) is 0 Å². The van der Waals surface area contributed by atoms with E-state index in [-0.39, 0.29) is 27.3 Å². The van der Waals surface area contributed by atoms with E-state index in [9.17, 15) is 34.3 Å². The third-order valence-corrected chi connectivity index (χ3v) is 5.67. The zero-order chi connectivity index (χ0) is 22.4. The predicted molar refractivity (Wildman–Crippen MR) is 102 cm³/mol. The van der Waals surface area contributed by atoms with Crippen LogP contribution in [0, 0.1) is 18.6 Å². The second-order valence-electron chi connectivity index (χ2n) is 7.32. The summed E-state index contributed by atoms with van der Waals surface area (Å²) in [5.74, 6) is -1.81. The van der Waals surface area contributed by atoms with Gasteiger partial charge in [0.05, 0.1) is 6.61 Å². The molecule has 1 heterocycles. The van der Waals surface area contributed by atoms with Gasteiger partial charge in [-0.3, -0.25) is 5.73 Å². The van der Waals surface area contributed by atoms with Gasteiger partial charge in [0, 0.05) is 21.7 Å². The molecule has 0 radical (unpaired) electrons. The number of benzene rings is 2. The fraction of sp³-hybridized carbons (Fsp3) is 0.400. The van der Waals surface area contributed by atoms with Gasteiger partial charge in [-0.1, -0.05) is 17.7 Å². The van der Waals surface area contributed by atoms with Crippen LogP contribution < -0.4 is 5.73 Å². The van der Waals surface area contributed by atoms with Crippen LogP contribution in [0.3, 0.4) is 0 Å². The molecule has 6 atom stereocenters. The molecule has 7 N–H and O–H groups in total. The second kappa shape index (κ2) is 8.45. The summed E-state index contributed by atoms with van der Waals surface area (Å²) in [6.45, 7) is 0.612. The Kier molecular flexibility index (Phi) is 6.47. The van der Waals surface area contributed by atoms with E-state index in [1.807, 2.05) is 0 Å². The molecule has 164 valence electrons. The van der Waals surface area contributed by atoms with E-state index in [4.69, 9.17) is 22.1 Å². The molecule has 0 saturated carbocycles. The maximum Gasteiger partial charge on any atom is 0.167 e. The number of nitrogens with two attached hydrogens (primary N) is 1. The third kappa shape index (κ3) is 3.95. The highest BCUT2D eigenvalue weighted by Gasteiger charge is 2.44. The summed E-state index contributed by atoms with van der Waals surface area (Å²) in [6.07, 6.45) is -7.09. The van der Waals surface area contributed by atoms with E-state index in [1.54, 1.807) is 0 Å². The quantitative estimate of drug-likeness (QED) is 0.379. The van der Waals surface area contributed by atoms with E-state index in [1.165, 1.54) is 25.1 Å². The van der Waals surface area contributed by atoms with E-state index in [2.05, 4.69) is 0 Å². The summed E-state index contributed by atoms with van der Waals surface area (Å²) >= 11 is 6.16. The summed E-state index contributed by atoms with van der Waals surface area (Å²) in [7, 11) is 0. The molecule has 1 aliphatic heterocycles. The number of aliphatic hydroxyl groups excluding tert-OH is 4. The van der Waals surface area contributed by atoms with E-state index in [0.717, 1.165) is 12.1 Å². The van der Waals surface area contributed by atoms with Crippen molar-refractivity contribution in [1.82, 2.24) is 0 Å². The highest BCUT2D eigenvalue weighted by Crippen LogP contribution is 2.37. The minimum absolute atomic E-state index is 0.0327. The lowest BCUT2D eigenvalue weighted by Gasteiger charge is -2.40. The van der Waals surface area contributed by atoms with Gasteiger partial charge in [0.1, 0.15) is 42.2 Å². The topological polar surface area (TPSA) is 136 Å². The highest BCUT2D eigenvalue weighted by atomic mass is 35.5. The Hall–Kier alpha value is -1.69. The first-order chi connectivity index (χ1) is 14.0. The molecular weight excluding hydrogens is 424 g/mol. The SMILES string of the molecule is Cc1c(F)cc(C(N)(O)c2cc(C3OC(CO)C(O)C(O)C3O)ccc2Cl)cc1F. The number of halogens is 3. The van der Waals surface area contributed by atoms with Gasteiger partial charge in [-0.05, 0) is 36.8 Å². The van der Waals surface area contributed by atoms with Crippen LogP contribution in [0.1, 0.15) is 28.4 Å².